The number of pyridine rings is 1. The fourth-order valence-corrected chi connectivity index (χ4v) is 7.41. The lowest BCUT2D eigenvalue weighted by molar-refractivity contribution is 0.0724. The van der Waals surface area contributed by atoms with Gasteiger partial charge in [-0.25, -0.2) is 21.8 Å². The van der Waals surface area contributed by atoms with E-state index in [0.29, 0.717) is 18.7 Å². The SMILES string of the molecule is O=C(c1ccc(NC=C(S(=O)(=O)c2ccccc2)S(=O)(=O)c2ccccc2)nc1)N1CCCCC1. The van der Waals surface area contributed by atoms with Crippen molar-refractivity contribution in [3.05, 3.63) is 95.0 Å². The number of carbonyl (C=O) groups is 1. The topological polar surface area (TPSA) is 114 Å². The number of hydrogen-bond acceptors (Lipinski definition) is 7. The molecule has 1 aliphatic rings. The normalized spacial score (nSPS) is 14.2. The van der Waals surface area contributed by atoms with Crippen molar-refractivity contribution in [3.63, 3.8) is 0 Å². The van der Waals surface area contributed by atoms with Crippen LogP contribution in [0.15, 0.2) is 99.2 Å². The molecular formula is C25H25N3O5S2. The molecule has 0 saturated carbocycles. The van der Waals surface area contributed by atoms with Crippen molar-refractivity contribution in [2.45, 2.75) is 29.1 Å². The predicted molar refractivity (Wildman–Crippen MR) is 133 cm³/mol. The zero-order valence-corrected chi connectivity index (χ0v) is 20.5. The van der Waals surface area contributed by atoms with Crippen molar-refractivity contribution in [2.75, 3.05) is 18.4 Å². The first-order valence-corrected chi connectivity index (χ1v) is 14.1. The molecule has 1 aromatic heterocycles. The van der Waals surface area contributed by atoms with Crippen LogP contribution < -0.4 is 5.32 Å². The molecule has 10 heteroatoms. The van der Waals surface area contributed by atoms with E-state index >= 15 is 0 Å². The van der Waals surface area contributed by atoms with Crippen LogP contribution in [0, 0.1) is 0 Å². The monoisotopic (exact) mass is 511 g/mol. The first-order valence-electron chi connectivity index (χ1n) is 11.1. The number of amides is 1. The van der Waals surface area contributed by atoms with E-state index in [1.54, 1.807) is 23.1 Å². The average Bonchev–Trinajstić information content (AvgIpc) is 2.90. The number of carbonyl (C=O) groups excluding carboxylic acids is 1. The molecule has 0 radical (unpaired) electrons. The summed E-state index contributed by atoms with van der Waals surface area (Å²) in [7, 11) is -8.78. The Balaban J connectivity index is 1.66. The summed E-state index contributed by atoms with van der Waals surface area (Å²) in [6.45, 7) is 1.42. The quantitative estimate of drug-likeness (QED) is 0.512. The van der Waals surface area contributed by atoms with Gasteiger partial charge < -0.3 is 10.2 Å². The summed E-state index contributed by atoms with van der Waals surface area (Å²) in [6, 6.07) is 17.8. The fourth-order valence-electron chi connectivity index (χ4n) is 3.75. The van der Waals surface area contributed by atoms with E-state index in [0.717, 1.165) is 25.5 Å². The van der Waals surface area contributed by atoms with Crippen LogP contribution in [0.2, 0.25) is 0 Å². The van der Waals surface area contributed by atoms with Gasteiger partial charge in [0.2, 0.25) is 19.7 Å². The molecular weight excluding hydrogens is 486 g/mol. The fraction of sp³-hybridized carbons (Fsp3) is 0.200. The summed E-state index contributed by atoms with van der Waals surface area (Å²) in [5.41, 5.74) is 0.412. The van der Waals surface area contributed by atoms with Crippen molar-refractivity contribution in [1.29, 1.82) is 0 Å². The lowest BCUT2D eigenvalue weighted by Gasteiger charge is -2.26. The van der Waals surface area contributed by atoms with E-state index in [1.165, 1.54) is 60.8 Å². The zero-order chi connectivity index (χ0) is 24.9. The lowest BCUT2D eigenvalue weighted by atomic mass is 10.1. The molecule has 8 nitrogen and oxygen atoms in total. The van der Waals surface area contributed by atoms with Crippen LogP contribution in [0.4, 0.5) is 5.82 Å². The highest BCUT2D eigenvalue weighted by Gasteiger charge is 2.33. The summed E-state index contributed by atoms with van der Waals surface area (Å²) < 4.78 is 52.5. The largest absolute Gasteiger partial charge is 0.345 e. The molecule has 4 rings (SSSR count). The molecule has 1 aliphatic heterocycles. The van der Waals surface area contributed by atoms with Crippen LogP contribution in [0.5, 0.6) is 0 Å². The van der Waals surface area contributed by atoms with Gasteiger partial charge in [0.25, 0.3) is 5.91 Å². The summed E-state index contributed by atoms with van der Waals surface area (Å²) in [5.74, 6) is 0.0857. The highest BCUT2D eigenvalue weighted by molar-refractivity contribution is 8.14. The third kappa shape index (κ3) is 5.44. The molecule has 1 saturated heterocycles. The molecule has 0 bridgehead atoms. The van der Waals surface area contributed by atoms with Gasteiger partial charge in [-0.2, -0.15) is 0 Å². The predicted octanol–water partition coefficient (Wildman–Crippen LogP) is 3.87. The Morgan fingerprint density at radius 3 is 1.80 bits per heavy atom. The molecule has 1 amide bonds. The van der Waals surface area contributed by atoms with E-state index < -0.39 is 23.9 Å². The molecule has 0 aliphatic carbocycles. The highest BCUT2D eigenvalue weighted by atomic mass is 32.3. The van der Waals surface area contributed by atoms with E-state index in [1.807, 2.05) is 0 Å². The Labute approximate surface area is 205 Å². The molecule has 1 fully saturated rings. The number of rotatable bonds is 7. The van der Waals surface area contributed by atoms with Crippen LogP contribution in [0.25, 0.3) is 0 Å². The van der Waals surface area contributed by atoms with E-state index in [-0.39, 0.29) is 21.5 Å². The van der Waals surface area contributed by atoms with Crippen molar-refractivity contribution in [3.8, 4) is 0 Å². The van der Waals surface area contributed by atoms with E-state index in [4.69, 9.17) is 0 Å². The van der Waals surface area contributed by atoms with Crippen molar-refractivity contribution in [1.82, 2.24) is 9.88 Å². The Hall–Kier alpha value is -3.50. The maximum absolute atomic E-state index is 13.3. The van der Waals surface area contributed by atoms with Gasteiger partial charge in [-0.1, -0.05) is 36.4 Å². The molecule has 3 aromatic rings. The number of benzene rings is 2. The molecule has 182 valence electrons. The van der Waals surface area contributed by atoms with Gasteiger partial charge >= 0.3 is 0 Å². The molecule has 0 atom stereocenters. The smallest absolute Gasteiger partial charge is 0.255 e. The number of sulfone groups is 2. The Kier molecular flexibility index (Phi) is 7.32. The number of nitrogens with zero attached hydrogens (tertiary/aromatic N) is 2. The standard InChI is InChI=1S/C25H25N3O5S2/c29-25(28-16-8-3-9-17-28)20-14-15-23(26-18-20)27-19-24(34(30,31)21-10-4-1-5-11-21)35(32,33)22-12-6-2-7-13-22/h1-2,4-7,10-15,18-19H,3,8-9,16-17H2,(H,26,27). The second-order valence-electron chi connectivity index (χ2n) is 8.03. The molecule has 1 N–H and O–H groups in total. The lowest BCUT2D eigenvalue weighted by Crippen LogP contribution is -2.35. The highest BCUT2D eigenvalue weighted by Crippen LogP contribution is 2.29. The maximum Gasteiger partial charge on any atom is 0.255 e. The van der Waals surface area contributed by atoms with Crippen molar-refractivity contribution >= 4 is 31.4 Å². The molecule has 0 spiro atoms. The number of anilines is 1. The molecule has 0 unspecified atom stereocenters. The van der Waals surface area contributed by atoms with Gasteiger partial charge in [0.15, 0.2) is 4.24 Å². The number of aromatic nitrogens is 1. The van der Waals surface area contributed by atoms with Crippen LogP contribution >= 0.6 is 0 Å². The Morgan fingerprint density at radius 1 is 0.771 bits per heavy atom. The van der Waals surface area contributed by atoms with Gasteiger partial charge in [0.1, 0.15) is 5.82 Å². The van der Waals surface area contributed by atoms with Crippen molar-refractivity contribution < 1.29 is 21.6 Å². The van der Waals surface area contributed by atoms with Crippen LogP contribution in [-0.2, 0) is 19.7 Å². The van der Waals surface area contributed by atoms with Gasteiger partial charge in [-0.05, 0) is 55.7 Å². The zero-order valence-electron chi connectivity index (χ0n) is 18.9. The minimum atomic E-state index is -4.39. The number of likely N-dealkylation sites (tertiary alicyclic amines) is 1. The van der Waals surface area contributed by atoms with E-state index in [9.17, 15) is 21.6 Å². The van der Waals surface area contributed by atoms with Gasteiger partial charge in [-0.3, -0.25) is 4.79 Å². The first kappa shape index (κ1) is 24.6. The third-order valence-electron chi connectivity index (χ3n) is 5.63. The van der Waals surface area contributed by atoms with Gasteiger partial charge in [-0.15, -0.1) is 0 Å². The van der Waals surface area contributed by atoms with Crippen LogP contribution in [0.1, 0.15) is 29.6 Å². The number of piperidine rings is 1. The number of hydrogen-bond donors (Lipinski definition) is 1. The first-order chi connectivity index (χ1) is 16.8. The molecule has 2 aromatic carbocycles. The van der Waals surface area contributed by atoms with Gasteiger partial charge in [0.05, 0.1) is 15.4 Å². The third-order valence-corrected chi connectivity index (χ3v) is 10.0. The minimum absolute atomic E-state index is 0.113. The second-order valence-corrected chi connectivity index (χ2v) is 12.1. The van der Waals surface area contributed by atoms with Gasteiger partial charge in [0, 0.05) is 25.5 Å². The van der Waals surface area contributed by atoms with Crippen molar-refractivity contribution in [2.24, 2.45) is 0 Å². The molecule has 35 heavy (non-hydrogen) atoms. The Bertz CT molecular complexity index is 1340. The average molecular weight is 512 g/mol. The molecule has 2 heterocycles. The summed E-state index contributed by atoms with van der Waals surface area (Å²) in [6.07, 6.45) is 5.37. The number of nitrogens with one attached hydrogen (secondary N) is 1. The van der Waals surface area contributed by atoms with E-state index in [2.05, 4.69) is 10.3 Å². The summed E-state index contributed by atoms with van der Waals surface area (Å²) in [4.78, 5) is 18.3. The van der Waals surface area contributed by atoms with Crippen LogP contribution in [-0.4, -0.2) is 45.7 Å². The minimum Gasteiger partial charge on any atom is -0.345 e. The second kappa shape index (κ2) is 10.4. The Morgan fingerprint density at radius 2 is 1.31 bits per heavy atom. The maximum atomic E-state index is 13.3. The summed E-state index contributed by atoms with van der Waals surface area (Å²) >= 11 is 0. The summed E-state index contributed by atoms with van der Waals surface area (Å²) in [5, 5.41) is 2.69. The van der Waals surface area contributed by atoms with Crippen LogP contribution in [0.3, 0.4) is 0 Å².